The van der Waals surface area contributed by atoms with Crippen molar-refractivity contribution >= 4 is 11.7 Å². The van der Waals surface area contributed by atoms with Gasteiger partial charge in [0.15, 0.2) is 11.6 Å². The summed E-state index contributed by atoms with van der Waals surface area (Å²) in [6.45, 7) is 0.288. The van der Waals surface area contributed by atoms with Gasteiger partial charge in [0, 0.05) is 31.9 Å². The minimum Gasteiger partial charge on any atom is -0.350 e. The Kier molecular flexibility index (Phi) is 5.62. The van der Waals surface area contributed by atoms with Gasteiger partial charge in [-0.05, 0) is 35.4 Å². The number of nitrogens with zero attached hydrogens (tertiary/aromatic N) is 4. The van der Waals surface area contributed by atoms with Gasteiger partial charge in [-0.3, -0.25) is 9.48 Å². The van der Waals surface area contributed by atoms with Crippen molar-refractivity contribution < 1.29 is 22.4 Å². The fraction of sp³-hybridized carbons (Fsp3) is 0.286. The van der Waals surface area contributed by atoms with Crippen LogP contribution in [0.5, 0.6) is 0 Å². The highest BCUT2D eigenvalue weighted by Crippen LogP contribution is 2.29. The van der Waals surface area contributed by atoms with Crippen molar-refractivity contribution in [2.45, 2.75) is 25.4 Å². The second-order valence-electron chi connectivity index (χ2n) is 7.38. The summed E-state index contributed by atoms with van der Waals surface area (Å²) in [6, 6.07) is 8.46. The minimum absolute atomic E-state index is 0.173. The average Bonchev–Trinajstić information content (AvgIpc) is 3.35. The number of carbonyl (C=O) groups excluding carboxylic acids is 1. The lowest BCUT2D eigenvalue weighted by Crippen LogP contribution is -2.26. The number of halogens is 4. The van der Waals surface area contributed by atoms with Gasteiger partial charge in [-0.15, -0.1) is 0 Å². The molecule has 4 rings (SSSR count). The standard InChI is InChI=1S/C21H19F4N5O/c22-16-3-1-14(9-17(16)23)12-30-7-5-18(28-30)20(31)27-11-15-2-4-19(26-10-15)29-8-6-21(24,25)13-29/h1-5,7,9-10H,6,8,11-13H2,(H,27,31). The number of rotatable bonds is 6. The number of benzene rings is 1. The topological polar surface area (TPSA) is 63.1 Å². The van der Waals surface area contributed by atoms with Gasteiger partial charge in [0.25, 0.3) is 11.8 Å². The average molecular weight is 433 g/mol. The van der Waals surface area contributed by atoms with Crippen LogP contribution in [0.2, 0.25) is 0 Å². The smallest absolute Gasteiger partial charge is 0.272 e. The first-order valence-corrected chi connectivity index (χ1v) is 9.62. The van der Waals surface area contributed by atoms with Crippen molar-refractivity contribution in [3.63, 3.8) is 0 Å². The zero-order valence-corrected chi connectivity index (χ0v) is 16.4. The summed E-state index contributed by atoms with van der Waals surface area (Å²) in [6.07, 6.45) is 2.92. The SMILES string of the molecule is O=C(NCc1ccc(N2CCC(F)(F)C2)nc1)c1ccn(Cc2ccc(F)c(F)c2)n1. The number of aromatic nitrogens is 3. The first kappa shape index (κ1) is 20.8. The Labute approximate surface area is 175 Å². The van der Waals surface area contributed by atoms with Crippen LogP contribution < -0.4 is 10.2 Å². The molecule has 0 spiro atoms. The summed E-state index contributed by atoms with van der Waals surface area (Å²) in [7, 11) is 0. The molecule has 0 unspecified atom stereocenters. The summed E-state index contributed by atoms with van der Waals surface area (Å²) in [5.74, 6) is -4.50. The van der Waals surface area contributed by atoms with Crippen LogP contribution in [0, 0.1) is 11.6 Å². The third-order valence-corrected chi connectivity index (χ3v) is 4.96. The zero-order chi connectivity index (χ0) is 22.0. The van der Waals surface area contributed by atoms with Crippen LogP contribution in [0.1, 0.15) is 28.0 Å². The molecule has 0 aliphatic carbocycles. The summed E-state index contributed by atoms with van der Waals surface area (Å²) in [5.41, 5.74) is 1.40. The van der Waals surface area contributed by atoms with E-state index in [1.54, 1.807) is 18.3 Å². The van der Waals surface area contributed by atoms with Crippen LogP contribution >= 0.6 is 0 Å². The van der Waals surface area contributed by atoms with E-state index in [1.165, 1.54) is 27.9 Å². The van der Waals surface area contributed by atoms with Gasteiger partial charge in [-0.2, -0.15) is 5.10 Å². The molecular formula is C21H19F4N5O. The molecule has 0 radical (unpaired) electrons. The van der Waals surface area contributed by atoms with E-state index in [0.717, 1.165) is 12.1 Å². The Balaban J connectivity index is 1.31. The normalized spacial score (nSPS) is 15.3. The van der Waals surface area contributed by atoms with E-state index < -0.39 is 23.5 Å². The maximum atomic E-state index is 13.3. The van der Waals surface area contributed by atoms with E-state index in [2.05, 4.69) is 15.4 Å². The molecule has 1 aliphatic heterocycles. The largest absolute Gasteiger partial charge is 0.350 e. The molecule has 0 atom stereocenters. The molecule has 3 aromatic rings. The van der Waals surface area contributed by atoms with Gasteiger partial charge in [0.2, 0.25) is 0 Å². The second-order valence-corrected chi connectivity index (χ2v) is 7.38. The number of amides is 1. The zero-order valence-electron chi connectivity index (χ0n) is 16.4. The summed E-state index contributed by atoms with van der Waals surface area (Å²) in [5, 5.41) is 6.86. The van der Waals surface area contributed by atoms with Crippen LogP contribution in [-0.4, -0.2) is 39.7 Å². The monoisotopic (exact) mass is 433 g/mol. The Hall–Kier alpha value is -3.43. The Bertz CT molecular complexity index is 1080. The van der Waals surface area contributed by atoms with Crippen molar-refractivity contribution in [2.24, 2.45) is 0 Å². The number of alkyl halides is 2. The number of hydrogen-bond donors (Lipinski definition) is 1. The first-order chi connectivity index (χ1) is 14.8. The van der Waals surface area contributed by atoms with Crippen LogP contribution in [0.4, 0.5) is 23.4 Å². The molecule has 2 aromatic heterocycles. The Morgan fingerprint density at radius 3 is 2.58 bits per heavy atom. The predicted molar refractivity (Wildman–Crippen MR) is 105 cm³/mol. The summed E-state index contributed by atoms with van der Waals surface area (Å²) in [4.78, 5) is 18.1. The van der Waals surface area contributed by atoms with E-state index in [-0.39, 0.29) is 38.3 Å². The predicted octanol–water partition coefficient (Wildman–Crippen LogP) is 3.38. The maximum absolute atomic E-state index is 13.3. The molecule has 0 saturated carbocycles. The summed E-state index contributed by atoms with van der Waals surface area (Å²) < 4.78 is 54.4. The van der Waals surface area contributed by atoms with E-state index in [9.17, 15) is 22.4 Å². The molecular weight excluding hydrogens is 414 g/mol. The molecule has 3 heterocycles. The van der Waals surface area contributed by atoms with Crippen LogP contribution in [0.15, 0.2) is 48.8 Å². The lowest BCUT2D eigenvalue weighted by Gasteiger charge is -2.17. The van der Waals surface area contributed by atoms with Gasteiger partial charge >= 0.3 is 0 Å². The molecule has 1 amide bonds. The van der Waals surface area contributed by atoms with Crippen molar-refractivity contribution in [3.05, 3.63) is 77.2 Å². The van der Waals surface area contributed by atoms with E-state index in [0.29, 0.717) is 16.9 Å². The van der Waals surface area contributed by atoms with Crippen molar-refractivity contribution in [1.29, 1.82) is 0 Å². The van der Waals surface area contributed by atoms with Gasteiger partial charge in [0.1, 0.15) is 11.5 Å². The first-order valence-electron chi connectivity index (χ1n) is 9.62. The quantitative estimate of drug-likeness (QED) is 0.606. The highest BCUT2D eigenvalue weighted by molar-refractivity contribution is 5.92. The van der Waals surface area contributed by atoms with Gasteiger partial charge in [0.05, 0.1) is 13.1 Å². The Morgan fingerprint density at radius 1 is 1.10 bits per heavy atom. The van der Waals surface area contributed by atoms with Crippen LogP contribution in [-0.2, 0) is 13.1 Å². The molecule has 31 heavy (non-hydrogen) atoms. The number of anilines is 1. The molecule has 1 aromatic carbocycles. The third-order valence-electron chi connectivity index (χ3n) is 4.96. The van der Waals surface area contributed by atoms with Gasteiger partial charge < -0.3 is 10.2 Å². The van der Waals surface area contributed by atoms with Crippen LogP contribution in [0.3, 0.4) is 0 Å². The molecule has 0 bridgehead atoms. The second kappa shape index (κ2) is 8.37. The van der Waals surface area contributed by atoms with Gasteiger partial charge in [-0.1, -0.05) is 12.1 Å². The fourth-order valence-electron chi connectivity index (χ4n) is 3.31. The number of carbonyl (C=O) groups is 1. The number of hydrogen-bond acceptors (Lipinski definition) is 4. The molecule has 1 fully saturated rings. The minimum atomic E-state index is -2.69. The maximum Gasteiger partial charge on any atom is 0.272 e. The fourth-order valence-corrected chi connectivity index (χ4v) is 3.31. The van der Waals surface area contributed by atoms with E-state index in [1.807, 2.05) is 0 Å². The van der Waals surface area contributed by atoms with E-state index in [4.69, 9.17) is 0 Å². The van der Waals surface area contributed by atoms with E-state index >= 15 is 0 Å². The van der Waals surface area contributed by atoms with Crippen molar-refractivity contribution in [2.75, 3.05) is 18.0 Å². The number of pyridine rings is 1. The summed E-state index contributed by atoms with van der Waals surface area (Å²) >= 11 is 0. The molecule has 6 nitrogen and oxygen atoms in total. The van der Waals surface area contributed by atoms with Gasteiger partial charge in [-0.25, -0.2) is 22.5 Å². The molecule has 162 valence electrons. The molecule has 1 aliphatic rings. The Morgan fingerprint density at radius 2 is 1.90 bits per heavy atom. The molecule has 10 heteroatoms. The van der Waals surface area contributed by atoms with Crippen molar-refractivity contribution in [3.8, 4) is 0 Å². The highest BCUT2D eigenvalue weighted by Gasteiger charge is 2.38. The molecule has 1 saturated heterocycles. The third kappa shape index (κ3) is 5.01. The lowest BCUT2D eigenvalue weighted by molar-refractivity contribution is 0.0256. The van der Waals surface area contributed by atoms with Crippen LogP contribution in [0.25, 0.3) is 0 Å². The number of nitrogens with one attached hydrogen (secondary N) is 1. The molecule has 1 N–H and O–H groups in total. The van der Waals surface area contributed by atoms with Crippen molar-refractivity contribution in [1.82, 2.24) is 20.1 Å². The lowest BCUT2D eigenvalue weighted by atomic mass is 10.2. The highest BCUT2D eigenvalue weighted by atomic mass is 19.3.